The van der Waals surface area contributed by atoms with Crippen molar-refractivity contribution in [3.8, 4) is 11.5 Å². The normalized spacial score (nSPS) is 14.8. The van der Waals surface area contributed by atoms with Crippen LogP contribution in [0.2, 0.25) is 0 Å². The maximum atomic E-state index is 11.6. The highest BCUT2D eigenvalue weighted by Crippen LogP contribution is 2.38. The molecule has 3 rings (SSSR count). The Morgan fingerprint density at radius 2 is 1.67 bits per heavy atom. The third kappa shape index (κ3) is 1.17. The number of Topliss-reactive ketones (excluding diaryl/α,β-unsaturated/α-hetero) is 1. The number of aliphatic hydroxyl groups excluding tert-OH is 1. The Labute approximate surface area is 99.4 Å². The molecule has 1 heterocycles. The lowest BCUT2D eigenvalue weighted by atomic mass is 9.99. The van der Waals surface area contributed by atoms with E-state index in [4.69, 9.17) is 4.42 Å². The van der Waals surface area contributed by atoms with Crippen LogP contribution in [0.25, 0.3) is 16.7 Å². The van der Waals surface area contributed by atoms with E-state index in [0.29, 0.717) is 0 Å². The molecule has 1 aromatic carbocycles. The van der Waals surface area contributed by atoms with Crippen molar-refractivity contribution in [1.82, 2.24) is 0 Å². The van der Waals surface area contributed by atoms with Crippen LogP contribution in [0.15, 0.2) is 22.6 Å². The van der Waals surface area contributed by atoms with Crippen molar-refractivity contribution < 1.29 is 29.3 Å². The largest absolute Gasteiger partial charge is 0.507 e. The van der Waals surface area contributed by atoms with Gasteiger partial charge < -0.3 is 19.7 Å². The van der Waals surface area contributed by atoms with Crippen LogP contribution < -0.4 is 0 Å². The number of hydrogen-bond acceptors (Lipinski definition) is 6. The fourth-order valence-electron chi connectivity index (χ4n) is 1.91. The van der Waals surface area contributed by atoms with Gasteiger partial charge in [0.15, 0.2) is 17.3 Å². The quantitative estimate of drug-likeness (QED) is 0.480. The Bertz CT molecular complexity index is 750. The zero-order valence-corrected chi connectivity index (χ0v) is 8.80. The summed E-state index contributed by atoms with van der Waals surface area (Å²) in [6.45, 7) is 0. The minimum Gasteiger partial charge on any atom is -0.507 e. The average molecular weight is 246 g/mol. The molecule has 0 saturated heterocycles. The monoisotopic (exact) mass is 246 g/mol. The predicted molar refractivity (Wildman–Crippen MR) is 59.5 cm³/mol. The number of carbonyl (C=O) groups excluding carboxylic acids is 2. The molecule has 0 spiro atoms. The summed E-state index contributed by atoms with van der Waals surface area (Å²) in [5.74, 6) is -3.29. The van der Waals surface area contributed by atoms with Crippen LogP contribution >= 0.6 is 0 Å². The number of aromatic hydroxyl groups is 2. The van der Waals surface area contributed by atoms with Gasteiger partial charge in [-0.05, 0) is 6.07 Å². The van der Waals surface area contributed by atoms with Gasteiger partial charge in [-0.15, -0.1) is 0 Å². The van der Waals surface area contributed by atoms with E-state index >= 15 is 0 Å². The van der Waals surface area contributed by atoms with Crippen LogP contribution in [0, 0.1) is 0 Å². The minimum atomic E-state index is -0.882. The van der Waals surface area contributed by atoms with Crippen molar-refractivity contribution in [3.63, 3.8) is 0 Å². The lowest BCUT2D eigenvalue weighted by Crippen LogP contribution is -2.17. The first-order valence-electron chi connectivity index (χ1n) is 4.97. The van der Waals surface area contributed by atoms with E-state index in [1.807, 2.05) is 0 Å². The SMILES string of the molecule is O=C1C=C(O)c2c(oc3cc(O)c(O)cc23)C1=O. The second kappa shape index (κ2) is 3.13. The number of phenolic OH excluding ortho intramolecular Hbond substituents is 2. The van der Waals surface area contributed by atoms with Crippen LogP contribution in [0.5, 0.6) is 11.5 Å². The fraction of sp³-hybridized carbons (Fsp3) is 0. The van der Waals surface area contributed by atoms with Gasteiger partial charge in [0.25, 0.3) is 5.78 Å². The molecule has 0 fully saturated rings. The molecule has 0 aliphatic heterocycles. The first kappa shape index (κ1) is 10.4. The number of ketones is 2. The van der Waals surface area contributed by atoms with Crippen LogP contribution in [-0.4, -0.2) is 26.9 Å². The van der Waals surface area contributed by atoms with Crippen LogP contribution in [-0.2, 0) is 4.79 Å². The first-order valence-corrected chi connectivity index (χ1v) is 4.97. The first-order chi connectivity index (χ1) is 8.49. The van der Waals surface area contributed by atoms with Crippen molar-refractivity contribution in [3.05, 3.63) is 29.5 Å². The summed E-state index contributed by atoms with van der Waals surface area (Å²) in [6.07, 6.45) is 0.795. The van der Waals surface area contributed by atoms with E-state index in [-0.39, 0.29) is 22.3 Å². The topological polar surface area (TPSA) is 108 Å². The van der Waals surface area contributed by atoms with Crippen molar-refractivity contribution in [2.75, 3.05) is 0 Å². The van der Waals surface area contributed by atoms with Gasteiger partial charge in [-0.1, -0.05) is 0 Å². The van der Waals surface area contributed by atoms with Gasteiger partial charge in [0.05, 0.1) is 5.56 Å². The van der Waals surface area contributed by atoms with Gasteiger partial charge in [0.2, 0.25) is 5.78 Å². The molecular weight excluding hydrogens is 240 g/mol. The van der Waals surface area contributed by atoms with Crippen LogP contribution in [0.3, 0.4) is 0 Å². The summed E-state index contributed by atoms with van der Waals surface area (Å²) in [5, 5.41) is 28.6. The number of fused-ring (bicyclic) bond motifs is 3. The molecule has 3 N–H and O–H groups in total. The van der Waals surface area contributed by atoms with Crippen molar-refractivity contribution in [1.29, 1.82) is 0 Å². The summed E-state index contributed by atoms with van der Waals surface area (Å²) >= 11 is 0. The standard InChI is InChI=1S/C12H6O6/c13-5-1-4-9(3-6(5)14)18-12-10(4)7(15)2-8(16)11(12)17/h1-3,13-15H. The third-order valence-corrected chi connectivity index (χ3v) is 2.74. The van der Waals surface area contributed by atoms with Crippen LogP contribution in [0.4, 0.5) is 0 Å². The predicted octanol–water partition coefficient (Wildman–Crippen LogP) is 1.51. The van der Waals surface area contributed by atoms with Gasteiger partial charge in [-0.2, -0.15) is 0 Å². The second-order valence-corrected chi connectivity index (χ2v) is 3.87. The number of carbonyl (C=O) groups is 2. The van der Waals surface area contributed by atoms with E-state index in [1.165, 1.54) is 0 Å². The van der Waals surface area contributed by atoms with Gasteiger partial charge in [-0.25, -0.2) is 0 Å². The summed E-state index contributed by atoms with van der Waals surface area (Å²) in [6, 6.07) is 2.26. The third-order valence-electron chi connectivity index (χ3n) is 2.74. The number of aliphatic hydroxyl groups is 1. The molecule has 0 amide bonds. The molecule has 1 aromatic heterocycles. The summed E-state index contributed by atoms with van der Waals surface area (Å²) in [7, 11) is 0. The van der Waals surface area contributed by atoms with E-state index in [9.17, 15) is 24.9 Å². The fourth-order valence-corrected chi connectivity index (χ4v) is 1.91. The highest BCUT2D eigenvalue weighted by molar-refractivity contribution is 6.50. The zero-order valence-electron chi connectivity index (χ0n) is 8.80. The Balaban J connectivity index is 2.45. The average Bonchev–Trinajstić information content (AvgIpc) is 2.66. The molecule has 6 heteroatoms. The number of phenols is 2. The van der Waals surface area contributed by atoms with E-state index < -0.39 is 28.8 Å². The Morgan fingerprint density at radius 3 is 2.39 bits per heavy atom. The molecule has 6 nitrogen and oxygen atoms in total. The molecule has 1 aliphatic carbocycles. The van der Waals surface area contributed by atoms with Gasteiger partial charge in [-0.3, -0.25) is 9.59 Å². The number of furan rings is 1. The van der Waals surface area contributed by atoms with E-state index in [1.54, 1.807) is 0 Å². The Kier molecular flexibility index (Phi) is 1.81. The molecule has 0 atom stereocenters. The Morgan fingerprint density at radius 1 is 1.00 bits per heavy atom. The number of hydrogen-bond donors (Lipinski definition) is 3. The maximum absolute atomic E-state index is 11.6. The van der Waals surface area contributed by atoms with E-state index in [2.05, 4.69) is 0 Å². The zero-order chi connectivity index (χ0) is 13.0. The smallest absolute Gasteiger partial charge is 0.268 e. The molecule has 0 saturated carbocycles. The molecule has 18 heavy (non-hydrogen) atoms. The summed E-state index contributed by atoms with van der Waals surface area (Å²) in [4.78, 5) is 22.8. The lowest BCUT2D eigenvalue weighted by molar-refractivity contribution is -0.111. The van der Waals surface area contributed by atoms with Crippen molar-refractivity contribution in [2.45, 2.75) is 0 Å². The second-order valence-electron chi connectivity index (χ2n) is 3.87. The van der Waals surface area contributed by atoms with Gasteiger partial charge >= 0.3 is 0 Å². The minimum absolute atomic E-state index is 0.0462. The molecule has 0 radical (unpaired) electrons. The highest BCUT2D eigenvalue weighted by atomic mass is 16.4. The van der Waals surface area contributed by atoms with Crippen LogP contribution in [0.1, 0.15) is 16.1 Å². The summed E-state index contributed by atoms with van der Waals surface area (Å²) in [5.41, 5.74) is 0.142. The number of benzene rings is 1. The molecule has 0 bridgehead atoms. The van der Waals surface area contributed by atoms with Crippen molar-refractivity contribution in [2.24, 2.45) is 0 Å². The molecule has 90 valence electrons. The Hall–Kier alpha value is -2.76. The van der Waals surface area contributed by atoms with E-state index in [0.717, 1.165) is 18.2 Å². The number of allylic oxidation sites excluding steroid dienone is 1. The van der Waals surface area contributed by atoms with Gasteiger partial charge in [0, 0.05) is 17.5 Å². The molecule has 2 aromatic rings. The highest BCUT2D eigenvalue weighted by Gasteiger charge is 2.32. The molecular formula is C12H6O6. The molecule has 1 aliphatic rings. The summed E-state index contributed by atoms with van der Waals surface area (Å²) < 4.78 is 5.14. The van der Waals surface area contributed by atoms with Gasteiger partial charge in [0.1, 0.15) is 11.3 Å². The number of rotatable bonds is 0. The van der Waals surface area contributed by atoms with Crippen molar-refractivity contribution >= 4 is 28.3 Å². The lowest BCUT2D eigenvalue weighted by Gasteiger charge is -2.05. The molecule has 0 unspecified atom stereocenters. The maximum Gasteiger partial charge on any atom is 0.268 e.